The van der Waals surface area contributed by atoms with Crippen LogP contribution in [0.25, 0.3) is 0 Å². The molecule has 0 amide bonds. The summed E-state index contributed by atoms with van der Waals surface area (Å²) in [5, 5.41) is 0. The third-order valence-electron chi connectivity index (χ3n) is 16.4. The highest BCUT2D eigenvalue weighted by Crippen LogP contribution is 2.18. The van der Waals surface area contributed by atoms with E-state index in [0.717, 1.165) is 70.6 Å². The maximum absolute atomic E-state index is 12.9. The highest BCUT2D eigenvalue weighted by Gasteiger charge is 2.19. The minimum Gasteiger partial charge on any atom is -0.462 e. The van der Waals surface area contributed by atoms with Crippen LogP contribution in [0.1, 0.15) is 400 Å². The van der Waals surface area contributed by atoms with Gasteiger partial charge in [0.15, 0.2) is 6.10 Å². The van der Waals surface area contributed by atoms with Crippen molar-refractivity contribution in [3.8, 4) is 0 Å². The summed E-state index contributed by atoms with van der Waals surface area (Å²) in [6, 6.07) is 0. The molecule has 1 atom stereocenters. The highest BCUT2D eigenvalue weighted by atomic mass is 16.6. The molecule has 0 radical (unpaired) electrons. The lowest BCUT2D eigenvalue weighted by molar-refractivity contribution is -0.167. The predicted octanol–water partition coefficient (Wildman–Crippen LogP) is 24.7. The van der Waals surface area contributed by atoms with E-state index < -0.39 is 6.10 Å². The van der Waals surface area contributed by atoms with Gasteiger partial charge in [-0.2, -0.15) is 0 Å². The van der Waals surface area contributed by atoms with E-state index in [0.29, 0.717) is 19.3 Å². The Balaban J connectivity index is 4.07. The zero-order chi connectivity index (χ0) is 57.8. The lowest BCUT2D eigenvalue weighted by Crippen LogP contribution is -2.30. The summed E-state index contributed by atoms with van der Waals surface area (Å²) in [4.78, 5) is 38.3. The van der Waals surface area contributed by atoms with Crippen LogP contribution in [0.4, 0.5) is 0 Å². The van der Waals surface area contributed by atoms with Crippen molar-refractivity contribution in [2.75, 3.05) is 13.2 Å². The number of ether oxygens (including phenoxy) is 3. The molecule has 6 nitrogen and oxygen atoms in total. The van der Waals surface area contributed by atoms with Crippen LogP contribution in [-0.4, -0.2) is 37.2 Å². The van der Waals surface area contributed by atoms with Crippen LogP contribution in [0.2, 0.25) is 0 Å². The highest BCUT2D eigenvalue weighted by molar-refractivity contribution is 5.71. The largest absolute Gasteiger partial charge is 0.462 e. The van der Waals surface area contributed by atoms with Crippen molar-refractivity contribution in [1.29, 1.82) is 0 Å². The Morgan fingerprint density at radius 1 is 0.250 bits per heavy atom. The van der Waals surface area contributed by atoms with Crippen molar-refractivity contribution in [3.05, 3.63) is 36.5 Å². The maximum atomic E-state index is 12.9. The lowest BCUT2D eigenvalue weighted by atomic mass is 10.0. The Morgan fingerprint density at radius 3 is 0.713 bits per heavy atom. The van der Waals surface area contributed by atoms with E-state index in [9.17, 15) is 14.4 Å². The first-order valence-corrected chi connectivity index (χ1v) is 36.0. The minimum atomic E-state index is -0.773. The van der Waals surface area contributed by atoms with E-state index in [1.165, 1.54) is 289 Å². The summed E-state index contributed by atoms with van der Waals surface area (Å²) >= 11 is 0. The van der Waals surface area contributed by atoms with Crippen LogP contribution in [-0.2, 0) is 28.6 Å². The average molecular weight is 1120 g/mol. The van der Waals surface area contributed by atoms with Gasteiger partial charge in [-0.25, -0.2) is 0 Å². The third kappa shape index (κ3) is 66.4. The first-order valence-electron chi connectivity index (χ1n) is 36.0. The minimum absolute atomic E-state index is 0.0698. The fourth-order valence-electron chi connectivity index (χ4n) is 10.9. The van der Waals surface area contributed by atoms with Crippen LogP contribution in [0.5, 0.6) is 0 Å². The Morgan fingerprint density at radius 2 is 0.450 bits per heavy atom. The lowest BCUT2D eigenvalue weighted by Gasteiger charge is -2.18. The van der Waals surface area contributed by atoms with Crippen LogP contribution in [0.3, 0.4) is 0 Å². The second-order valence-corrected chi connectivity index (χ2v) is 24.5. The molecule has 6 heteroatoms. The van der Waals surface area contributed by atoms with Gasteiger partial charge in [0.2, 0.25) is 0 Å². The van der Waals surface area contributed by atoms with Gasteiger partial charge in [-0.1, -0.05) is 340 Å². The van der Waals surface area contributed by atoms with Crippen LogP contribution in [0.15, 0.2) is 36.5 Å². The number of hydrogen-bond donors (Lipinski definition) is 0. The second-order valence-electron chi connectivity index (χ2n) is 24.5. The van der Waals surface area contributed by atoms with Crippen molar-refractivity contribution in [1.82, 2.24) is 0 Å². The van der Waals surface area contributed by atoms with Crippen molar-refractivity contribution in [2.45, 2.75) is 406 Å². The standard InChI is InChI=1S/C74H138O6/c1-4-7-10-13-16-19-22-24-26-28-30-31-32-33-34-35-36-37-38-39-40-41-42-43-44-46-47-49-52-55-58-61-64-67-73(76)79-70-71(69-78-72(75)66-63-60-57-54-51-21-18-15-12-9-6-3)80-74(77)68-65-62-59-56-53-50-48-45-29-27-25-23-20-17-14-11-8-5-2/h20,23,27-30,71H,4-19,21-22,24-26,31-70H2,1-3H3/b23-20-,29-27-,30-28-. The van der Waals surface area contributed by atoms with Crippen molar-refractivity contribution in [3.63, 3.8) is 0 Å². The Hall–Kier alpha value is -2.37. The number of hydrogen-bond acceptors (Lipinski definition) is 6. The molecule has 470 valence electrons. The van der Waals surface area contributed by atoms with Gasteiger partial charge in [-0.05, 0) is 77.0 Å². The van der Waals surface area contributed by atoms with Gasteiger partial charge >= 0.3 is 17.9 Å². The van der Waals surface area contributed by atoms with E-state index in [1.807, 2.05) is 0 Å². The molecular weight excluding hydrogens is 985 g/mol. The molecule has 80 heavy (non-hydrogen) atoms. The fraction of sp³-hybridized carbons (Fsp3) is 0.878. The van der Waals surface area contributed by atoms with Gasteiger partial charge in [0.05, 0.1) is 0 Å². The van der Waals surface area contributed by atoms with E-state index in [4.69, 9.17) is 14.2 Å². The number of unbranched alkanes of at least 4 members (excludes halogenated alkanes) is 50. The molecule has 0 saturated carbocycles. The van der Waals surface area contributed by atoms with Crippen molar-refractivity contribution >= 4 is 17.9 Å². The SMILES string of the molecule is CCCCCC/C=C\C/C=C\CCCCCCCCCC(=O)OC(COC(=O)CCCCCCCCCCCCC)COC(=O)CCCCCCCCCCCCCCCCCCCCCCC/C=C\CCCCCCCCCC. The molecule has 0 aliphatic heterocycles. The van der Waals surface area contributed by atoms with Crippen molar-refractivity contribution in [2.24, 2.45) is 0 Å². The van der Waals surface area contributed by atoms with Gasteiger partial charge in [0.25, 0.3) is 0 Å². The maximum Gasteiger partial charge on any atom is 0.306 e. The van der Waals surface area contributed by atoms with Crippen LogP contribution in [0, 0.1) is 0 Å². The number of carbonyl (C=O) groups is 3. The van der Waals surface area contributed by atoms with Crippen LogP contribution >= 0.6 is 0 Å². The average Bonchev–Trinajstić information content (AvgIpc) is 3.46. The Labute approximate surface area is 499 Å². The summed E-state index contributed by atoms with van der Waals surface area (Å²) in [6.07, 6.45) is 86.2. The molecule has 0 rings (SSSR count). The summed E-state index contributed by atoms with van der Waals surface area (Å²) in [6.45, 7) is 6.67. The number of carbonyl (C=O) groups excluding carboxylic acids is 3. The van der Waals surface area contributed by atoms with Crippen LogP contribution < -0.4 is 0 Å². The van der Waals surface area contributed by atoms with E-state index in [2.05, 4.69) is 57.2 Å². The summed E-state index contributed by atoms with van der Waals surface area (Å²) < 4.78 is 17.0. The van der Waals surface area contributed by atoms with E-state index in [1.54, 1.807) is 0 Å². The Bertz CT molecular complexity index is 1340. The van der Waals surface area contributed by atoms with Gasteiger partial charge in [-0.15, -0.1) is 0 Å². The first-order chi connectivity index (χ1) is 39.5. The van der Waals surface area contributed by atoms with E-state index in [-0.39, 0.29) is 31.1 Å². The first kappa shape index (κ1) is 77.6. The monoisotopic (exact) mass is 1120 g/mol. The summed E-state index contributed by atoms with van der Waals surface area (Å²) in [5.41, 5.74) is 0. The second kappa shape index (κ2) is 69.1. The number of esters is 3. The zero-order valence-electron chi connectivity index (χ0n) is 54.1. The summed E-state index contributed by atoms with van der Waals surface area (Å²) in [5.74, 6) is -0.852. The van der Waals surface area contributed by atoms with Gasteiger partial charge in [0.1, 0.15) is 13.2 Å². The molecule has 0 N–H and O–H groups in total. The quantitative estimate of drug-likeness (QED) is 0.0261. The van der Waals surface area contributed by atoms with Gasteiger partial charge in [0, 0.05) is 19.3 Å². The molecule has 1 unspecified atom stereocenters. The molecule has 0 heterocycles. The molecular formula is C74H138O6. The molecule has 0 aromatic carbocycles. The molecule has 0 aromatic rings. The molecule has 0 aliphatic rings. The molecule has 0 fully saturated rings. The van der Waals surface area contributed by atoms with Gasteiger partial charge < -0.3 is 14.2 Å². The molecule has 0 saturated heterocycles. The third-order valence-corrected chi connectivity index (χ3v) is 16.4. The summed E-state index contributed by atoms with van der Waals surface area (Å²) in [7, 11) is 0. The van der Waals surface area contributed by atoms with Gasteiger partial charge in [-0.3, -0.25) is 14.4 Å². The topological polar surface area (TPSA) is 78.9 Å². The zero-order valence-corrected chi connectivity index (χ0v) is 54.1. The van der Waals surface area contributed by atoms with Crippen molar-refractivity contribution < 1.29 is 28.6 Å². The molecule has 0 spiro atoms. The number of rotatable bonds is 67. The Kier molecular flexibility index (Phi) is 67.1. The molecule has 0 aromatic heterocycles. The number of allylic oxidation sites excluding steroid dienone is 6. The smallest absolute Gasteiger partial charge is 0.306 e. The predicted molar refractivity (Wildman–Crippen MR) is 349 cm³/mol. The van der Waals surface area contributed by atoms with E-state index >= 15 is 0 Å². The molecule has 0 bridgehead atoms. The fourth-order valence-corrected chi connectivity index (χ4v) is 10.9. The molecule has 0 aliphatic carbocycles. The normalized spacial score (nSPS) is 12.2.